The Morgan fingerprint density at radius 2 is 0.959 bits per heavy atom. The van der Waals surface area contributed by atoms with Gasteiger partial charge < -0.3 is 106 Å². The summed E-state index contributed by atoms with van der Waals surface area (Å²) < 4.78 is 7.02. The summed E-state index contributed by atoms with van der Waals surface area (Å²) in [7, 11) is 1.86. The molecule has 0 saturated carbocycles. The molecule has 31 N–H and O–H groups in total. The van der Waals surface area contributed by atoms with Crippen LogP contribution in [-0.2, 0) is 26.3 Å². The minimum Gasteiger partial charge on any atom is -0.711 e. The van der Waals surface area contributed by atoms with E-state index in [4.69, 9.17) is 93.0 Å². The molecule has 61 nitrogen and oxygen atoms in total. The first-order valence-electron chi connectivity index (χ1n) is 33.5. The van der Waals surface area contributed by atoms with E-state index >= 15 is 0 Å². The monoisotopic (exact) mass is 1650 g/mol. The molecule has 121 heavy (non-hydrogen) atoms. The summed E-state index contributed by atoms with van der Waals surface area (Å²) in [6.45, 7) is 1.85. The lowest BCUT2D eigenvalue weighted by atomic mass is 10.2. The van der Waals surface area contributed by atoms with Gasteiger partial charge in [0.05, 0.1) is 43.4 Å². The molecule has 3 aliphatic rings. The van der Waals surface area contributed by atoms with E-state index in [9.17, 15) is 14.8 Å². The predicted molar refractivity (Wildman–Crippen MR) is 417 cm³/mol. The number of rotatable bonds is 0. The first-order valence-corrected chi connectivity index (χ1v) is 33.5. The molecule has 0 radical (unpaired) electrons. The van der Waals surface area contributed by atoms with E-state index in [0.29, 0.717) is 163 Å². The van der Waals surface area contributed by atoms with Crippen molar-refractivity contribution in [3.63, 3.8) is 0 Å². The van der Waals surface area contributed by atoms with Crippen LogP contribution in [0.3, 0.4) is 0 Å². The van der Waals surface area contributed by atoms with Gasteiger partial charge in [-0.2, -0.15) is 43.3 Å². The molecule has 22 rings (SSSR count). The summed E-state index contributed by atoms with van der Waals surface area (Å²) in [6.07, 6.45) is 27.5. The summed E-state index contributed by atoms with van der Waals surface area (Å²) in [5, 5.41) is 94.5. The van der Waals surface area contributed by atoms with Gasteiger partial charge >= 0.3 is 11.5 Å². The van der Waals surface area contributed by atoms with E-state index in [1.54, 1.807) is 23.3 Å². The number of anilines is 7. The van der Waals surface area contributed by atoms with Crippen LogP contribution in [0.25, 0.3) is 89.3 Å². The number of imidazole rings is 8. The predicted octanol–water partition coefficient (Wildman–Crippen LogP) is -3.57. The lowest BCUT2D eigenvalue weighted by Crippen LogP contribution is -2.21. The molecule has 0 amide bonds. The fraction of sp³-hybridized carbons (Fsp3) is 0.0833. The molecule has 19 aromatic rings. The Bertz CT molecular complexity index is 7350. The Kier molecular flexibility index (Phi) is 23.8. The van der Waals surface area contributed by atoms with Gasteiger partial charge in [0.1, 0.15) is 108 Å². The maximum atomic E-state index is 11.0. The Balaban J connectivity index is 0.000000122. The number of aliphatic imine (C=N–C) groups is 2. The fourth-order valence-electron chi connectivity index (χ4n) is 10.2. The number of aryl methyl sites for hydroxylation is 2. The molecule has 3 aliphatic heterocycles. The van der Waals surface area contributed by atoms with Gasteiger partial charge in [0, 0.05) is 49.9 Å². The first-order chi connectivity index (χ1) is 58.1. The Labute approximate surface area is 664 Å². The third kappa shape index (κ3) is 18.4. The van der Waals surface area contributed by atoms with Crippen molar-refractivity contribution in [2.24, 2.45) is 17.0 Å². The molecule has 0 bridgehead atoms. The molecule has 0 atom stereocenters. The van der Waals surface area contributed by atoms with Gasteiger partial charge in [-0.15, -0.1) is 0 Å². The Morgan fingerprint density at radius 1 is 0.421 bits per heavy atom. The van der Waals surface area contributed by atoms with Crippen LogP contribution in [0.1, 0.15) is 22.5 Å². The summed E-state index contributed by atoms with van der Waals surface area (Å²) in [4.78, 5) is 139. The second kappa shape index (κ2) is 35.6. The van der Waals surface area contributed by atoms with Crippen LogP contribution >= 0.6 is 0 Å². The topological polar surface area (TPSA) is 938 Å². The zero-order valence-corrected chi connectivity index (χ0v) is 61.7. The molecule has 61 heteroatoms. The van der Waals surface area contributed by atoms with Crippen LogP contribution in [0.4, 0.5) is 58.3 Å². The number of nitrogen functional groups attached to an aromatic ring is 7. The first kappa shape index (κ1) is 81.1. The number of nitrogens with one attached hydrogen (secondary N) is 11. The highest BCUT2D eigenvalue weighted by atomic mass is 16.5. The number of nitrogens with zero attached hydrogens (tertiary/aromatic N) is 34. The number of aromatic nitrogens is 38. The van der Waals surface area contributed by atoms with Crippen molar-refractivity contribution in [2.75, 3.05) is 40.1 Å². The zero-order chi connectivity index (χ0) is 86.3. The maximum absolute atomic E-state index is 11.0. The van der Waals surface area contributed by atoms with Gasteiger partial charge in [-0.3, -0.25) is 36.4 Å². The van der Waals surface area contributed by atoms with Crippen molar-refractivity contribution in [1.29, 1.82) is 21.6 Å². The van der Waals surface area contributed by atoms with Gasteiger partial charge in [-0.1, -0.05) is 0 Å². The van der Waals surface area contributed by atoms with E-state index in [2.05, 4.69) is 164 Å². The molecule has 22 heterocycles. The molecular weight excluding hydrogens is 1590 g/mol. The van der Waals surface area contributed by atoms with Crippen LogP contribution in [0.15, 0.2) is 121 Å². The van der Waals surface area contributed by atoms with Gasteiger partial charge in [-0.25, -0.2) is 119 Å². The third-order valence-electron chi connectivity index (χ3n) is 15.9. The molecule has 0 unspecified atom stereocenters. The summed E-state index contributed by atoms with van der Waals surface area (Å²) >= 11 is 0. The van der Waals surface area contributed by atoms with E-state index in [-0.39, 0.29) is 50.9 Å². The van der Waals surface area contributed by atoms with Crippen LogP contribution in [0.2, 0.25) is 0 Å². The fourth-order valence-corrected chi connectivity index (χ4v) is 10.2. The Morgan fingerprint density at radius 3 is 1.66 bits per heavy atom. The molecule has 0 saturated heterocycles. The summed E-state index contributed by atoms with van der Waals surface area (Å²) in [5.41, 5.74) is 47.1. The van der Waals surface area contributed by atoms with Crippen molar-refractivity contribution in [1.82, 2.24) is 187 Å². The van der Waals surface area contributed by atoms with E-state index in [1.165, 1.54) is 88.5 Å². The number of nitrogens with two attached hydrogens (primary N) is 7. The van der Waals surface area contributed by atoms with Crippen molar-refractivity contribution in [3.05, 3.63) is 172 Å². The van der Waals surface area contributed by atoms with Crippen molar-refractivity contribution in [2.45, 2.75) is 26.2 Å². The van der Waals surface area contributed by atoms with Gasteiger partial charge in [0.25, 0.3) is 5.56 Å². The standard InChI is InChI=1S/2C6H7N5.3C6H6N4O.6C5H5N5O/c1-11-3-10-6-4(11)5(7)8-2-9-6;1-3-10-4-5(7)8-2-9-6(4)11-3;7-5-4-1-2-10(11)6(4)9-3-8-5;7-5-4-1-2-8-6(4)9-3-10(5)11;7-5-4-1-2-8-6(4)10(11)3-9-5;6-4-3-5(8-1-7-4)9-2-10(3)11;6-4-3-5(8-1-7-4)10(11)2-9-3;6-4-3-5(8-1-7-3)9-2-10(4)11;6-4-3-5(8-1-7-3)10(11)2-9-4;6-5-9-3-2(4(11)10-5)7-1-8-3;6-3-2-4(8-1-7-2)10-5(11)9-3/h2-3H,1H3,(H2,7,8,9);2H,1H3,(H3,7,8,9,10,11);2-3H,1H2,(H2,7,8,9);2*2-3,7,11H,1H2;2*1-2,11H,(H2,6,7,8);2*1-2,6,11H,(H,7,8);2*1H,(H4,6,7,8,9,10,11). The summed E-state index contributed by atoms with van der Waals surface area (Å²) in [5.74, 6) is 4.26. The smallest absolute Gasteiger partial charge is 0.348 e. The molecule has 0 fully saturated rings. The highest BCUT2D eigenvalue weighted by Gasteiger charge is 2.21. The maximum Gasteiger partial charge on any atom is 0.348 e. The van der Waals surface area contributed by atoms with E-state index in [0.717, 1.165) is 48.5 Å². The molecule has 19 aromatic heterocycles. The van der Waals surface area contributed by atoms with Gasteiger partial charge in [0.15, 0.2) is 113 Å². The largest absolute Gasteiger partial charge is 0.711 e. The van der Waals surface area contributed by atoms with Crippen LogP contribution in [-0.4, -0.2) is 242 Å². The number of hydrogen-bond acceptors (Lipinski definition) is 46. The lowest BCUT2D eigenvalue weighted by molar-refractivity contribution is -0.356. The SMILES string of the molecule is Cc1nc2ncnc(N)c2[nH]1.Cn1cnc2ncnc(N)c21.N=c1c2[nH]cnc2ncn1O.N=c1c2c(ncn1O)N=CC2.N=c1ncn(O)c2c1CC=N2.N=c1ncn(O)c2nc[nH]c12.Nc1[nH]c(=O)nc2nc[nH]c12.Nc1nc2nc[nH]c2c(=O)[nH]1.Nc1ncnc2c1CC=[N+]2[O-].Nc1ncnc2c1ncn2O.Nc1ncnc2ncn(O)c12. The van der Waals surface area contributed by atoms with Crippen molar-refractivity contribution < 1.29 is 36.0 Å². The quantitative estimate of drug-likeness (QED) is 0.0397. The number of aromatic amines is 7. The Hall–Kier alpha value is -19.3. The van der Waals surface area contributed by atoms with Crippen molar-refractivity contribution >= 4 is 166 Å². The number of H-pyrrole nitrogens is 7. The highest BCUT2D eigenvalue weighted by Crippen LogP contribution is 2.24. The molecular formula is C60H62N52O9. The normalized spacial score (nSPS) is 11.4. The van der Waals surface area contributed by atoms with Gasteiger partial charge in [-0.05, 0) is 11.9 Å². The van der Waals surface area contributed by atoms with Crippen LogP contribution < -0.4 is 73.3 Å². The minimum atomic E-state index is -0.484. The average Bonchev–Trinajstić information content (AvgIpc) is 1.70. The van der Waals surface area contributed by atoms with Crippen molar-refractivity contribution in [3.8, 4) is 0 Å². The second-order valence-corrected chi connectivity index (χ2v) is 23.6. The van der Waals surface area contributed by atoms with Crippen LogP contribution in [0.5, 0.6) is 0 Å². The van der Waals surface area contributed by atoms with Crippen LogP contribution in [0, 0.1) is 33.8 Å². The highest BCUT2D eigenvalue weighted by molar-refractivity contribution is 5.84. The second-order valence-electron chi connectivity index (χ2n) is 23.6. The lowest BCUT2D eigenvalue weighted by Gasteiger charge is -2.00. The summed E-state index contributed by atoms with van der Waals surface area (Å²) in [6, 6.07) is 0. The molecule has 616 valence electrons. The van der Waals surface area contributed by atoms with E-state index < -0.39 is 5.69 Å². The third-order valence-corrected chi connectivity index (χ3v) is 15.9. The average molecular weight is 1660 g/mol. The van der Waals surface area contributed by atoms with E-state index in [1.807, 2.05) is 14.0 Å². The van der Waals surface area contributed by atoms with Gasteiger partial charge in [0.2, 0.25) is 17.9 Å². The molecule has 0 aliphatic carbocycles. The zero-order valence-electron chi connectivity index (χ0n) is 61.7. The molecule has 0 aromatic carbocycles. The number of fused-ring (bicyclic) bond motifs is 11. The number of hydrogen-bond donors (Lipinski definition) is 24. The minimum absolute atomic E-state index is 0.0486. The molecule has 0 spiro atoms.